The minimum absolute atomic E-state index is 0.0757. The molecule has 0 radical (unpaired) electrons. The fourth-order valence-corrected chi connectivity index (χ4v) is 4.41. The monoisotopic (exact) mass is 381 g/mol. The van der Waals surface area contributed by atoms with Crippen LogP contribution in [-0.4, -0.2) is 46.1 Å². The molecule has 0 bridgehead atoms. The molecule has 2 fully saturated rings. The molecule has 2 heterocycles. The summed E-state index contributed by atoms with van der Waals surface area (Å²) in [7, 11) is 0. The molecule has 4 atom stereocenters. The van der Waals surface area contributed by atoms with Crippen molar-refractivity contribution in [2.45, 2.75) is 49.8 Å². The Bertz CT molecular complexity index is 835. The molecule has 1 aliphatic heterocycles. The number of nitrogens with two attached hydrogens (primary N) is 1. The van der Waals surface area contributed by atoms with Crippen molar-refractivity contribution in [3.63, 3.8) is 0 Å². The van der Waals surface area contributed by atoms with E-state index in [-0.39, 0.29) is 35.9 Å². The van der Waals surface area contributed by atoms with Crippen LogP contribution >= 0.6 is 0 Å². The molecule has 4 rings (SSSR count). The van der Waals surface area contributed by atoms with E-state index in [1.807, 2.05) is 18.2 Å². The lowest BCUT2D eigenvalue weighted by atomic mass is 9.97. The van der Waals surface area contributed by atoms with Crippen molar-refractivity contribution in [2.24, 2.45) is 5.73 Å². The molecule has 4 unspecified atom stereocenters. The largest absolute Gasteiger partial charge is 0.458 e. The number of likely N-dealkylation sites (tertiary alicyclic amines) is 1. The molecule has 1 aromatic carbocycles. The van der Waals surface area contributed by atoms with Crippen molar-refractivity contribution in [1.82, 2.24) is 14.9 Å². The van der Waals surface area contributed by atoms with E-state index in [1.165, 1.54) is 24.5 Å². The Kier molecular flexibility index (Phi) is 5.51. The van der Waals surface area contributed by atoms with E-state index in [9.17, 15) is 4.39 Å². The number of aromatic nitrogens is 2. The highest BCUT2D eigenvalue weighted by Crippen LogP contribution is 2.39. The summed E-state index contributed by atoms with van der Waals surface area (Å²) in [4.78, 5) is 10.8. The Labute approximate surface area is 164 Å². The predicted octanol–water partition coefficient (Wildman–Crippen LogP) is 2.60. The van der Waals surface area contributed by atoms with Gasteiger partial charge in [0.1, 0.15) is 18.0 Å². The molecule has 2 N–H and O–H groups in total. The van der Waals surface area contributed by atoms with Gasteiger partial charge in [0.2, 0.25) is 0 Å². The number of hydrogen-bond donors (Lipinski definition) is 1. The number of halogens is 1. The summed E-state index contributed by atoms with van der Waals surface area (Å²) in [5.41, 5.74) is 7.73. The van der Waals surface area contributed by atoms with Crippen molar-refractivity contribution < 1.29 is 9.13 Å². The summed E-state index contributed by atoms with van der Waals surface area (Å²) in [5, 5.41) is 8.91. The van der Waals surface area contributed by atoms with Gasteiger partial charge in [-0.3, -0.25) is 4.90 Å². The van der Waals surface area contributed by atoms with Crippen molar-refractivity contribution in [1.29, 1.82) is 5.26 Å². The third kappa shape index (κ3) is 4.13. The van der Waals surface area contributed by atoms with Crippen LogP contribution in [0.2, 0.25) is 0 Å². The molecule has 0 spiro atoms. The summed E-state index contributed by atoms with van der Waals surface area (Å²) < 4.78 is 19.5. The molecule has 0 amide bonds. The maximum absolute atomic E-state index is 13.3. The molecule has 28 heavy (non-hydrogen) atoms. The van der Waals surface area contributed by atoms with Crippen LogP contribution in [0.5, 0.6) is 6.01 Å². The van der Waals surface area contributed by atoms with Gasteiger partial charge in [0.25, 0.3) is 0 Å². The molecular formula is C21H24FN5O. The fraction of sp³-hybridized carbons (Fsp3) is 0.476. The molecule has 1 aliphatic carbocycles. The van der Waals surface area contributed by atoms with Gasteiger partial charge in [-0.1, -0.05) is 12.1 Å². The van der Waals surface area contributed by atoms with Crippen molar-refractivity contribution in [3.05, 3.63) is 53.6 Å². The van der Waals surface area contributed by atoms with Crippen molar-refractivity contribution in [2.75, 3.05) is 13.1 Å². The zero-order valence-electron chi connectivity index (χ0n) is 15.7. The summed E-state index contributed by atoms with van der Waals surface area (Å²) in [5.74, 6) is 0.0613. The van der Waals surface area contributed by atoms with E-state index < -0.39 is 0 Å². The Morgan fingerprint density at radius 2 is 1.93 bits per heavy atom. The maximum Gasteiger partial charge on any atom is 0.316 e. The predicted molar refractivity (Wildman–Crippen MR) is 102 cm³/mol. The third-order valence-electron chi connectivity index (χ3n) is 5.79. The van der Waals surface area contributed by atoms with Crippen LogP contribution in [0.3, 0.4) is 0 Å². The zero-order valence-corrected chi connectivity index (χ0v) is 15.7. The lowest BCUT2D eigenvalue weighted by Gasteiger charge is -2.37. The van der Waals surface area contributed by atoms with E-state index >= 15 is 0 Å². The molecule has 1 saturated carbocycles. The lowest BCUT2D eigenvalue weighted by molar-refractivity contribution is 0.0627. The number of nitriles is 1. The summed E-state index contributed by atoms with van der Waals surface area (Å²) in [6.07, 6.45) is 6.74. The molecule has 2 aliphatic rings. The second-order valence-electron chi connectivity index (χ2n) is 7.71. The highest BCUT2D eigenvalue weighted by atomic mass is 19.1. The van der Waals surface area contributed by atoms with Gasteiger partial charge in [-0.2, -0.15) is 5.26 Å². The molecule has 6 nitrogen and oxygen atoms in total. The second-order valence-corrected chi connectivity index (χ2v) is 7.71. The molecule has 146 valence electrons. The highest BCUT2D eigenvalue weighted by Gasteiger charge is 2.41. The van der Waals surface area contributed by atoms with Gasteiger partial charge in [-0.05, 0) is 55.8 Å². The second kappa shape index (κ2) is 8.21. The minimum atomic E-state index is -0.223. The van der Waals surface area contributed by atoms with E-state index in [0.29, 0.717) is 5.56 Å². The number of piperidine rings is 1. The summed E-state index contributed by atoms with van der Waals surface area (Å²) >= 11 is 0. The van der Waals surface area contributed by atoms with Crippen molar-refractivity contribution in [3.8, 4) is 12.1 Å². The van der Waals surface area contributed by atoms with E-state index in [4.69, 9.17) is 15.7 Å². The summed E-state index contributed by atoms with van der Waals surface area (Å²) in [6, 6.07) is 9.44. The first-order valence-corrected chi connectivity index (χ1v) is 9.76. The molecule has 2 aromatic rings. The minimum Gasteiger partial charge on any atom is -0.458 e. The van der Waals surface area contributed by atoms with Gasteiger partial charge >= 0.3 is 6.01 Å². The Hall–Kier alpha value is -2.56. The Balaban J connectivity index is 1.54. The molecule has 1 saturated heterocycles. The maximum atomic E-state index is 13.3. The standard InChI is InChI=1S/C21H24FN5O/c22-17-5-3-15(4-6-17)16-8-19(27-7-1-2-18(24)13-27)20(9-16)28-21-25-11-14(10-23)12-26-21/h3-6,11-12,16,18-20H,1-2,7-9,13,24H2. The molecule has 1 aromatic heterocycles. The van der Waals surface area contributed by atoms with Gasteiger partial charge < -0.3 is 10.5 Å². The van der Waals surface area contributed by atoms with Crippen LogP contribution in [0.1, 0.15) is 42.7 Å². The number of hydrogen-bond acceptors (Lipinski definition) is 6. The smallest absolute Gasteiger partial charge is 0.316 e. The van der Waals surface area contributed by atoms with Crippen LogP contribution in [0, 0.1) is 17.1 Å². The average Bonchev–Trinajstić information content (AvgIpc) is 3.13. The number of benzene rings is 1. The van der Waals surface area contributed by atoms with Crippen LogP contribution in [0.25, 0.3) is 0 Å². The Morgan fingerprint density at radius 1 is 1.18 bits per heavy atom. The van der Waals surface area contributed by atoms with E-state index in [2.05, 4.69) is 14.9 Å². The first kappa shape index (κ1) is 18.8. The first-order chi connectivity index (χ1) is 13.6. The third-order valence-corrected chi connectivity index (χ3v) is 5.79. The first-order valence-electron chi connectivity index (χ1n) is 9.76. The normalized spacial score (nSPS) is 28.0. The summed E-state index contributed by atoms with van der Waals surface area (Å²) in [6.45, 7) is 1.86. The number of rotatable bonds is 4. The molecule has 7 heteroatoms. The van der Waals surface area contributed by atoms with E-state index in [1.54, 1.807) is 0 Å². The van der Waals surface area contributed by atoms with E-state index in [0.717, 1.165) is 44.3 Å². The van der Waals surface area contributed by atoms with Gasteiger partial charge in [0.15, 0.2) is 0 Å². The van der Waals surface area contributed by atoms with Crippen LogP contribution < -0.4 is 10.5 Å². The Morgan fingerprint density at radius 3 is 2.61 bits per heavy atom. The van der Waals surface area contributed by atoms with Crippen LogP contribution in [0.4, 0.5) is 4.39 Å². The van der Waals surface area contributed by atoms with Gasteiger partial charge in [-0.25, -0.2) is 14.4 Å². The average molecular weight is 381 g/mol. The topological polar surface area (TPSA) is 88.1 Å². The zero-order chi connectivity index (χ0) is 19.5. The van der Waals surface area contributed by atoms with Gasteiger partial charge in [0, 0.05) is 18.6 Å². The van der Waals surface area contributed by atoms with Crippen LogP contribution in [-0.2, 0) is 0 Å². The highest BCUT2D eigenvalue weighted by molar-refractivity contribution is 5.24. The van der Waals surface area contributed by atoms with Crippen LogP contribution in [0.15, 0.2) is 36.7 Å². The van der Waals surface area contributed by atoms with Gasteiger partial charge in [-0.15, -0.1) is 0 Å². The molecular weight excluding hydrogens is 357 g/mol. The SMILES string of the molecule is N#Cc1cnc(OC2CC(c3ccc(F)cc3)CC2N2CCCC(N)C2)nc1. The lowest BCUT2D eigenvalue weighted by Crippen LogP contribution is -2.51. The van der Waals surface area contributed by atoms with Crippen molar-refractivity contribution >= 4 is 0 Å². The number of ether oxygens (including phenoxy) is 1. The fourth-order valence-electron chi connectivity index (χ4n) is 4.41. The number of nitrogens with zero attached hydrogens (tertiary/aromatic N) is 4. The quantitative estimate of drug-likeness (QED) is 0.876. The van der Waals surface area contributed by atoms with Gasteiger partial charge in [0.05, 0.1) is 18.0 Å².